The SMILES string of the molecule is CCNC[C@H]1C[C@@H](Nc2nc(NCC(F)(F)F)nc(C)c2-c2nc3ccccc3s2)[C@H](O)[C@@H]1O. The number of hydrogen-bond donors (Lipinski definition) is 5. The third-order valence-electron chi connectivity index (χ3n) is 5.83. The molecule has 0 radical (unpaired) electrons. The predicted octanol–water partition coefficient (Wildman–Crippen LogP) is 3.17. The molecule has 1 fully saturated rings. The lowest BCUT2D eigenvalue weighted by Gasteiger charge is -2.21. The zero-order chi connectivity index (χ0) is 24.5. The number of nitrogens with one attached hydrogen (secondary N) is 3. The first-order valence-corrected chi connectivity index (χ1v) is 11.9. The van der Waals surface area contributed by atoms with Crippen molar-refractivity contribution in [1.82, 2.24) is 20.3 Å². The number of fused-ring (bicyclic) bond motifs is 1. The second-order valence-electron chi connectivity index (χ2n) is 8.35. The first-order chi connectivity index (χ1) is 16.2. The van der Waals surface area contributed by atoms with Crippen molar-refractivity contribution in [3.05, 3.63) is 30.0 Å². The number of aryl methyl sites for hydroxylation is 1. The van der Waals surface area contributed by atoms with E-state index in [1.807, 2.05) is 31.2 Å². The number of para-hydroxylation sites is 1. The Morgan fingerprint density at radius 1 is 1.12 bits per heavy atom. The monoisotopic (exact) mass is 496 g/mol. The van der Waals surface area contributed by atoms with Crippen molar-refractivity contribution in [3.63, 3.8) is 0 Å². The van der Waals surface area contributed by atoms with Crippen LogP contribution in [0.5, 0.6) is 0 Å². The van der Waals surface area contributed by atoms with Gasteiger partial charge in [0.15, 0.2) is 0 Å². The van der Waals surface area contributed by atoms with Gasteiger partial charge in [-0.1, -0.05) is 19.1 Å². The maximum Gasteiger partial charge on any atom is 0.405 e. The van der Waals surface area contributed by atoms with Crippen LogP contribution < -0.4 is 16.0 Å². The minimum Gasteiger partial charge on any atom is -0.390 e. The van der Waals surface area contributed by atoms with Gasteiger partial charge in [0.2, 0.25) is 5.95 Å². The zero-order valence-corrected chi connectivity index (χ0v) is 19.5. The molecule has 0 saturated heterocycles. The molecule has 2 aromatic heterocycles. The van der Waals surface area contributed by atoms with Crippen LogP contribution in [0.15, 0.2) is 24.3 Å². The van der Waals surface area contributed by atoms with Crippen LogP contribution in [0.4, 0.5) is 24.9 Å². The fourth-order valence-electron chi connectivity index (χ4n) is 4.15. The molecule has 8 nitrogen and oxygen atoms in total. The van der Waals surface area contributed by atoms with E-state index in [0.717, 1.165) is 16.8 Å². The number of aromatic nitrogens is 3. The average Bonchev–Trinajstić information content (AvgIpc) is 3.32. The molecule has 0 aliphatic heterocycles. The molecule has 4 atom stereocenters. The molecule has 1 aliphatic rings. The molecule has 1 saturated carbocycles. The molecule has 34 heavy (non-hydrogen) atoms. The Balaban J connectivity index is 1.70. The fraction of sp³-hybridized carbons (Fsp3) is 0.500. The van der Waals surface area contributed by atoms with E-state index < -0.39 is 31.0 Å². The Kier molecular flexibility index (Phi) is 7.22. The number of hydrogen-bond acceptors (Lipinski definition) is 9. The molecule has 3 aromatic rings. The molecule has 0 spiro atoms. The van der Waals surface area contributed by atoms with Gasteiger partial charge in [0.05, 0.1) is 33.6 Å². The molecular weight excluding hydrogens is 469 g/mol. The van der Waals surface area contributed by atoms with E-state index in [1.54, 1.807) is 6.92 Å². The van der Waals surface area contributed by atoms with Gasteiger partial charge in [-0.05, 0) is 32.0 Å². The quantitative estimate of drug-likeness (QED) is 0.323. The van der Waals surface area contributed by atoms with E-state index in [1.165, 1.54) is 11.3 Å². The van der Waals surface area contributed by atoms with E-state index in [4.69, 9.17) is 0 Å². The van der Waals surface area contributed by atoms with Crippen molar-refractivity contribution in [2.24, 2.45) is 5.92 Å². The van der Waals surface area contributed by atoms with Crippen molar-refractivity contribution >= 4 is 33.3 Å². The van der Waals surface area contributed by atoms with Crippen LogP contribution in [0.25, 0.3) is 20.8 Å². The summed E-state index contributed by atoms with van der Waals surface area (Å²) in [5.41, 5.74) is 1.78. The number of benzene rings is 1. The van der Waals surface area contributed by atoms with E-state index in [-0.39, 0.29) is 17.7 Å². The minimum atomic E-state index is -4.43. The lowest BCUT2D eigenvalue weighted by molar-refractivity contribution is -0.115. The van der Waals surface area contributed by atoms with Crippen LogP contribution in [0, 0.1) is 12.8 Å². The summed E-state index contributed by atoms with van der Waals surface area (Å²) in [5.74, 6) is -0.0971. The predicted molar refractivity (Wildman–Crippen MR) is 126 cm³/mol. The number of aliphatic hydroxyl groups excluding tert-OH is 2. The molecule has 5 N–H and O–H groups in total. The highest BCUT2D eigenvalue weighted by Gasteiger charge is 2.41. The smallest absolute Gasteiger partial charge is 0.390 e. The maximum absolute atomic E-state index is 12.8. The minimum absolute atomic E-state index is 0.177. The largest absolute Gasteiger partial charge is 0.405 e. The van der Waals surface area contributed by atoms with Crippen LogP contribution in [-0.4, -0.2) is 69.2 Å². The van der Waals surface area contributed by atoms with Crippen LogP contribution in [0.1, 0.15) is 19.0 Å². The molecule has 184 valence electrons. The number of anilines is 2. The van der Waals surface area contributed by atoms with Gasteiger partial charge in [-0.2, -0.15) is 18.2 Å². The van der Waals surface area contributed by atoms with Crippen molar-refractivity contribution < 1.29 is 23.4 Å². The van der Waals surface area contributed by atoms with E-state index in [9.17, 15) is 23.4 Å². The Bertz CT molecular complexity index is 1110. The Hall–Kier alpha value is -2.54. The van der Waals surface area contributed by atoms with E-state index >= 15 is 0 Å². The lowest BCUT2D eigenvalue weighted by atomic mass is 10.1. The number of nitrogens with zero attached hydrogens (tertiary/aromatic N) is 3. The van der Waals surface area contributed by atoms with Crippen molar-refractivity contribution in [2.75, 3.05) is 30.3 Å². The first kappa shape index (κ1) is 24.6. The number of halogens is 3. The summed E-state index contributed by atoms with van der Waals surface area (Å²) in [4.78, 5) is 13.2. The highest BCUT2D eigenvalue weighted by Crippen LogP contribution is 2.38. The van der Waals surface area contributed by atoms with Gasteiger partial charge in [0, 0.05) is 12.5 Å². The van der Waals surface area contributed by atoms with Crippen molar-refractivity contribution in [2.45, 2.75) is 44.7 Å². The highest BCUT2D eigenvalue weighted by molar-refractivity contribution is 7.21. The van der Waals surface area contributed by atoms with E-state index in [2.05, 4.69) is 30.9 Å². The molecule has 0 unspecified atom stereocenters. The van der Waals surface area contributed by atoms with Crippen LogP contribution >= 0.6 is 11.3 Å². The Morgan fingerprint density at radius 2 is 1.88 bits per heavy atom. The number of thiazole rings is 1. The van der Waals surface area contributed by atoms with Crippen LogP contribution in [0.2, 0.25) is 0 Å². The highest BCUT2D eigenvalue weighted by atomic mass is 32.1. The normalized spacial score (nSPS) is 22.9. The summed E-state index contributed by atoms with van der Waals surface area (Å²) in [6.07, 6.45) is -5.97. The van der Waals surface area contributed by atoms with Gasteiger partial charge in [-0.25, -0.2) is 9.97 Å². The fourth-order valence-corrected chi connectivity index (χ4v) is 5.21. The Morgan fingerprint density at radius 3 is 2.59 bits per heavy atom. The molecule has 0 amide bonds. The molecule has 12 heteroatoms. The molecular formula is C22H27F3N6O2S. The number of aliphatic hydroxyl groups is 2. The second-order valence-corrected chi connectivity index (χ2v) is 9.38. The van der Waals surface area contributed by atoms with Gasteiger partial charge in [0.1, 0.15) is 23.5 Å². The zero-order valence-electron chi connectivity index (χ0n) is 18.7. The summed E-state index contributed by atoms with van der Waals surface area (Å²) in [5, 5.41) is 30.3. The molecule has 1 aromatic carbocycles. The molecule has 1 aliphatic carbocycles. The standard InChI is InChI=1S/C22H27F3N6O2S/c1-3-26-9-12-8-14(18(33)17(12)32)29-19-16(20-30-13-6-4-5-7-15(13)34-20)11(2)28-21(31-19)27-10-22(23,24)25/h4-7,12,14,17-18,26,32-33H,3,8-10H2,1-2H3,(H2,27,28,29,31)/t12-,14-,17-,18+/m1/s1. The van der Waals surface area contributed by atoms with E-state index in [0.29, 0.717) is 29.2 Å². The van der Waals surface area contributed by atoms with Gasteiger partial charge in [0.25, 0.3) is 0 Å². The molecule has 2 heterocycles. The summed E-state index contributed by atoms with van der Waals surface area (Å²) in [6, 6.07) is 7.04. The van der Waals surface area contributed by atoms with Gasteiger partial charge < -0.3 is 26.2 Å². The molecule has 0 bridgehead atoms. The van der Waals surface area contributed by atoms with Crippen LogP contribution in [0.3, 0.4) is 0 Å². The Labute approximate surface area is 198 Å². The van der Waals surface area contributed by atoms with Gasteiger partial charge in [-0.3, -0.25) is 0 Å². The maximum atomic E-state index is 12.8. The van der Waals surface area contributed by atoms with Crippen molar-refractivity contribution in [1.29, 1.82) is 0 Å². The third kappa shape index (κ3) is 5.40. The number of rotatable bonds is 8. The average molecular weight is 497 g/mol. The number of alkyl halides is 3. The van der Waals surface area contributed by atoms with Crippen molar-refractivity contribution in [3.8, 4) is 10.6 Å². The van der Waals surface area contributed by atoms with Gasteiger partial charge in [-0.15, -0.1) is 11.3 Å². The summed E-state index contributed by atoms with van der Waals surface area (Å²) < 4.78 is 39.2. The second kappa shape index (κ2) is 9.98. The summed E-state index contributed by atoms with van der Waals surface area (Å²) in [7, 11) is 0. The third-order valence-corrected chi connectivity index (χ3v) is 6.88. The van der Waals surface area contributed by atoms with Gasteiger partial charge >= 0.3 is 6.18 Å². The summed E-state index contributed by atoms with van der Waals surface area (Å²) >= 11 is 1.42. The van der Waals surface area contributed by atoms with Crippen LogP contribution in [-0.2, 0) is 0 Å². The lowest BCUT2D eigenvalue weighted by Crippen LogP contribution is -2.36. The summed E-state index contributed by atoms with van der Waals surface area (Å²) in [6.45, 7) is 3.64. The topological polar surface area (TPSA) is 115 Å². The molecule has 4 rings (SSSR count). The first-order valence-electron chi connectivity index (χ1n) is 11.0.